The van der Waals surface area contributed by atoms with Gasteiger partial charge in [0.05, 0.1) is 0 Å². The van der Waals surface area contributed by atoms with Crippen LogP contribution in [0.25, 0.3) is 0 Å². The summed E-state index contributed by atoms with van der Waals surface area (Å²) in [6.07, 6.45) is 1.18. The Kier molecular flexibility index (Phi) is 5.38. The molecule has 0 spiro atoms. The van der Waals surface area contributed by atoms with E-state index in [9.17, 15) is 8.78 Å². The van der Waals surface area contributed by atoms with Crippen molar-refractivity contribution in [2.45, 2.75) is 12.8 Å². The van der Waals surface area contributed by atoms with Crippen LogP contribution in [0.15, 0.2) is 42.5 Å². The Labute approximate surface area is 127 Å². The summed E-state index contributed by atoms with van der Waals surface area (Å²) >= 11 is 11.9. The third-order valence-electron chi connectivity index (χ3n) is 3.16. The molecule has 0 bridgehead atoms. The fraction of sp³-hybridized carbons (Fsp3) is 0.250. The van der Waals surface area contributed by atoms with Gasteiger partial charge in [0, 0.05) is 17.0 Å². The average Bonchev–Trinajstić information content (AvgIpc) is 2.41. The predicted molar refractivity (Wildman–Crippen MR) is 79.4 cm³/mol. The van der Waals surface area contributed by atoms with Crippen molar-refractivity contribution >= 4 is 23.2 Å². The molecule has 1 atom stereocenters. The molecule has 2 rings (SSSR count). The highest BCUT2D eigenvalue weighted by molar-refractivity contribution is 6.30. The van der Waals surface area contributed by atoms with Crippen molar-refractivity contribution in [2.75, 3.05) is 5.88 Å². The molecule has 0 amide bonds. The number of benzene rings is 2. The second-order valence-corrected chi connectivity index (χ2v) is 5.54. The molecule has 2 aromatic carbocycles. The quantitative estimate of drug-likeness (QED) is 0.660. The molecule has 0 radical (unpaired) electrons. The van der Waals surface area contributed by atoms with Crippen molar-refractivity contribution in [1.82, 2.24) is 0 Å². The minimum absolute atomic E-state index is 0.0788. The largest absolute Gasteiger partial charge is 0.207 e. The zero-order valence-corrected chi connectivity index (χ0v) is 12.3. The van der Waals surface area contributed by atoms with Crippen LogP contribution in [-0.4, -0.2) is 5.88 Å². The molecular weight excluding hydrogens is 301 g/mol. The zero-order chi connectivity index (χ0) is 14.5. The third-order valence-corrected chi connectivity index (χ3v) is 3.83. The monoisotopic (exact) mass is 314 g/mol. The van der Waals surface area contributed by atoms with Crippen LogP contribution in [0.5, 0.6) is 0 Å². The van der Waals surface area contributed by atoms with Crippen LogP contribution in [0.2, 0.25) is 5.02 Å². The summed E-state index contributed by atoms with van der Waals surface area (Å²) in [5.41, 5.74) is 1.55. The van der Waals surface area contributed by atoms with E-state index in [4.69, 9.17) is 23.2 Å². The lowest BCUT2D eigenvalue weighted by Crippen LogP contribution is -2.11. The van der Waals surface area contributed by atoms with Crippen LogP contribution in [0, 0.1) is 17.6 Å². The third kappa shape index (κ3) is 4.19. The lowest BCUT2D eigenvalue weighted by molar-refractivity contribution is 0.534. The molecule has 2 aromatic rings. The van der Waals surface area contributed by atoms with Gasteiger partial charge in [0.2, 0.25) is 0 Å². The van der Waals surface area contributed by atoms with Crippen LogP contribution in [0.4, 0.5) is 8.78 Å². The van der Waals surface area contributed by atoms with Gasteiger partial charge >= 0.3 is 0 Å². The molecule has 1 unspecified atom stereocenters. The summed E-state index contributed by atoms with van der Waals surface area (Å²) in [5, 5.41) is 0.670. The molecule has 0 saturated carbocycles. The molecule has 0 N–H and O–H groups in total. The first kappa shape index (κ1) is 15.3. The van der Waals surface area contributed by atoms with Crippen molar-refractivity contribution in [1.29, 1.82) is 0 Å². The van der Waals surface area contributed by atoms with E-state index in [2.05, 4.69) is 0 Å². The summed E-state index contributed by atoms with van der Waals surface area (Å²) in [6, 6.07) is 11.2. The summed E-state index contributed by atoms with van der Waals surface area (Å²) < 4.78 is 26.5. The maximum absolute atomic E-state index is 13.6. The number of rotatable bonds is 5. The second kappa shape index (κ2) is 7.05. The molecule has 0 nitrogen and oxygen atoms in total. The highest BCUT2D eigenvalue weighted by Gasteiger charge is 2.13. The second-order valence-electron chi connectivity index (χ2n) is 4.79. The standard InChI is InChI=1S/C16H14Cl2F2/c17-10-12(6-11-2-1-3-14(18)8-11)7-13-4-5-15(19)9-16(13)20/h1-5,8-9,12H,6-7,10H2. The number of halogens is 4. The van der Waals surface area contributed by atoms with E-state index in [1.54, 1.807) is 6.07 Å². The van der Waals surface area contributed by atoms with Gasteiger partial charge in [-0.3, -0.25) is 0 Å². The number of hydrogen-bond donors (Lipinski definition) is 0. The Bertz CT molecular complexity index is 584. The van der Waals surface area contributed by atoms with Crippen LogP contribution in [-0.2, 0) is 12.8 Å². The van der Waals surface area contributed by atoms with Gasteiger partial charge in [0.1, 0.15) is 11.6 Å². The van der Waals surface area contributed by atoms with E-state index in [0.29, 0.717) is 29.3 Å². The minimum Gasteiger partial charge on any atom is -0.207 e. The summed E-state index contributed by atoms with van der Waals surface area (Å²) in [5.74, 6) is -0.603. The lowest BCUT2D eigenvalue weighted by Gasteiger charge is -2.15. The molecule has 0 aliphatic rings. The molecule has 0 aliphatic heterocycles. The van der Waals surface area contributed by atoms with Crippen LogP contribution in [0.3, 0.4) is 0 Å². The number of alkyl halides is 1. The first-order valence-electron chi connectivity index (χ1n) is 6.33. The van der Waals surface area contributed by atoms with Gasteiger partial charge in [-0.25, -0.2) is 8.78 Å². The zero-order valence-electron chi connectivity index (χ0n) is 10.8. The molecule has 4 heteroatoms. The smallest absolute Gasteiger partial charge is 0.129 e. The molecular formula is C16H14Cl2F2. The van der Waals surface area contributed by atoms with Crippen molar-refractivity contribution in [3.05, 3.63) is 70.2 Å². The summed E-state index contributed by atoms with van der Waals surface area (Å²) in [4.78, 5) is 0. The molecule has 0 aliphatic carbocycles. The lowest BCUT2D eigenvalue weighted by atomic mass is 9.94. The van der Waals surface area contributed by atoms with E-state index >= 15 is 0 Å². The average molecular weight is 315 g/mol. The Morgan fingerprint density at radius 2 is 1.80 bits per heavy atom. The minimum atomic E-state index is -0.566. The topological polar surface area (TPSA) is 0 Å². The van der Waals surface area contributed by atoms with Gasteiger partial charge in [-0.2, -0.15) is 0 Å². The molecule has 0 saturated heterocycles. The Balaban J connectivity index is 2.09. The normalized spacial score (nSPS) is 12.4. The Hall–Kier alpha value is -1.12. The number of hydrogen-bond acceptors (Lipinski definition) is 0. The van der Waals surface area contributed by atoms with Crippen molar-refractivity contribution in [3.63, 3.8) is 0 Å². The highest BCUT2D eigenvalue weighted by atomic mass is 35.5. The van der Waals surface area contributed by atoms with Crippen molar-refractivity contribution in [2.24, 2.45) is 5.92 Å². The van der Waals surface area contributed by atoms with Gasteiger partial charge in [0.15, 0.2) is 0 Å². The molecule has 0 heterocycles. The van der Waals surface area contributed by atoms with Crippen LogP contribution < -0.4 is 0 Å². The summed E-state index contributed by atoms with van der Waals surface area (Å²) in [7, 11) is 0. The van der Waals surface area contributed by atoms with Gasteiger partial charge in [-0.1, -0.05) is 29.8 Å². The maximum Gasteiger partial charge on any atom is 0.129 e. The summed E-state index contributed by atoms with van der Waals surface area (Å²) in [6.45, 7) is 0. The van der Waals surface area contributed by atoms with Gasteiger partial charge in [-0.05, 0) is 48.1 Å². The van der Waals surface area contributed by atoms with E-state index in [1.807, 2.05) is 18.2 Å². The first-order chi connectivity index (χ1) is 9.58. The van der Waals surface area contributed by atoms with Crippen LogP contribution in [0.1, 0.15) is 11.1 Å². The van der Waals surface area contributed by atoms with Crippen LogP contribution >= 0.6 is 23.2 Å². The van der Waals surface area contributed by atoms with Gasteiger partial charge in [0.25, 0.3) is 0 Å². The van der Waals surface area contributed by atoms with Gasteiger partial charge < -0.3 is 0 Å². The highest BCUT2D eigenvalue weighted by Crippen LogP contribution is 2.20. The predicted octanol–water partition coefficient (Wildman–Crippen LogP) is 5.26. The van der Waals surface area contributed by atoms with Crippen molar-refractivity contribution < 1.29 is 8.78 Å². The molecule has 106 valence electrons. The molecule has 0 fully saturated rings. The van der Waals surface area contributed by atoms with E-state index in [0.717, 1.165) is 11.6 Å². The maximum atomic E-state index is 13.6. The first-order valence-corrected chi connectivity index (χ1v) is 7.24. The van der Waals surface area contributed by atoms with Crippen molar-refractivity contribution in [3.8, 4) is 0 Å². The SMILES string of the molecule is Fc1ccc(CC(CCl)Cc2cccc(Cl)c2)c(F)c1. The fourth-order valence-corrected chi connectivity index (χ4v) is 2.61. The molecule has 0 aromatic heterocycles. The Morgan fingerprint density at radius 1 is 1.00 bits per heavy atom. The van der Waals surface area contributed by atoms with E-state index in [-0.39, 0.29) is 5.92 Å². The van der Waals surface area contributed by atoms with E-state index in [1.165, 1.54) is 12.1 Å². The molecule has 20 heavy (non-hydrogen) atoms. The fourth-order valence-electron chi connectivity index (χ4n) is 2.18. The Morgan fingerprint density at radius 3 is 2.45 bits per heavy atom. The van der Waals surface area contributed by atoms with Gasteiger partial charge in [-0.15, -0.1) is 11.6 Å². The van der Waals surface area contributed by atoms with E-state index < -0.39 is 11.6 Å².